The number of benzene rings is 2. The molecule has 3 rings (SSSR count). The Kier molecular flexibility index (Phi) is 8.71. The fourth-order valence-corrected chi connectivity index (χ4v) is 8.84. The Labute approximate surface area is 221 Å². The van der Waals surface area contributed by atoms with Crippen LogP contribution in [0, 0.1) is 5.82 Å². The second-order valence-electron chi connectivity index (χ2n) is 9.12. The molecule has 0 radical (unpaired) electrons. The fourth-order valence-electron chi connectivity index (χ4n) is 4.09. The molecule has 0 bridgehead atoms. The third-order valence-electron chi connectivity index (χ3n) is 5.31. The van der Waals surface area contributed by atoms with Crippen LogP contribution in [0.1, 0.15) is 50.2 Å². The van der Waals surface area contributed by atoms with E-state index in [9.17, 15) is 30.5 Å². The number of rotatable bonds is 9. The first-order valence-corrected chi connectivity index (χ1v) is 15.5. The van der Waals surface area contributed by atoms with E-state index in [4.69, 9.17) is 9.05 Å². The Bertz CT molecular complexity index is 1440. The van der Waals surface area contributed by atoms with E-state index in [1.165, 1.54) is 0 Å². The van der Waals surface area contributed by atoms with Crippen molar-refractivity contribution in [2.75, 3.05) is 6.26 Å². The molecule has 6 nitrogen and oxygen atoms in total. The molecule has 2 aromatic carbocycles. The van der Waals surface area contributed by atoms with Crippen LogP contribution < -0.4 is 0 Å². The largest absolute Gasteiger partial charge is 0.419 e. The highest BCUT2D eigenvalue weighted by atomic mass is 79.9. The smallest absolute Gasteiger partial charge is 0.305 e. The lowest BCUT2D eigenvalue weighted by molar-refractivity contribution is -0.140. The van der Waals surface area contributed by atoms with Crippen LogP contribution in [0.3, 0.4) is 0 Å². The molecule has 13 heteroatoms. The minimum atomic E-state index is -4.97. The van der Waals surface area contributed by atoms with Gasteiger partial charge in [0.15, 0.2) is 0 Å². The topological polar surface area (TPSA) is 74.6 Å². The number of aromatic nitrogens is 1. The highest BCUT2D eigenvalue weighted by molar-refractivity contribution is 9.10. The number of nitrogens with zero attached hydrogens (tertiary/aromatic N) is 1. The van der Waals surface area contributed by atoms with Crippen LogP contribution in [0.2, 0.25) is 0 Å². The van der Waals surface area contributed by atoms with Gasteiger partial charge in [-0.15, -0.1) is 0 Å². The van der Waals surface area contributed by atoms with Crippen molar-refractivity contribution in [2.45, 2.75) is 58.2 Å². The van der Waals surface area contributed by atoms with Crippen molar-refractivity contribution in [1.82, 2.24) is 3.97 Å². The first-order chi connectivity index (χ1) is 17.0. The van der Waals surface area contributed by atoms with Gasteiger partial charge in [0.1, 0.15) is 11.5 Å². The average Bonchev–Trinajstić information content (AvgIpc) is 3.03. The Morgan fingerprint density at radius 2 is 1.59 bits per heavy atom. The van der Waals surface area contributed by atoms with Crippen LogP contribution in [0.5, 0.6) is 0 Å². The molecular weight excluding hydrogens is 601 g/mol. The zero-order valence-corrected chi connectivity index (χ0v) is 24.0. The second kappa shape index (κ2) is 10.8. The van der Waals surface area contributed by atoms with Crippen molar-refractivity contribution < 1.29 is 39.6 Å². The van der Waals surface area contributed by atoms with Crippen molar-refractivity contribution in [2.24, 2.45) is 0 Å². The molecule has 0 aliphatic carbocycles. The van der Waals surface area contributed by atoms with Gasteiger partial charge >= 0.3 is 13.8 Å². The van der Waals surface area contributed by atoms with Crippen molar-refractivity contribution in [3.63, 3.8) is 0 Å². The van der Waals surface area contributed by atoms with E-state index < -0.39 is 59.5 Å². The number of halogens is 5. The summed E-state index contributed by atoms with van der Waals surface area (Å²) in [5.74, 6) is -1.46. The number of fused-ring (bicyclic) bond motifs is 1. The van der Waals surface area contributed by atoms with Crippen LogP contribution in [0.25, 0.3) is 10.9 Å². The first-order valence-electron chi connectivity index (χ1n) is 11.3. The van der Waals surface area contributed by atoms with Crippen LogP contribution in [-0.2, 0) is 36.2 Å². The second-order valence-corrected chi connectivity index (χ2v) is 13.9. The van der Waals surface area contributed by atoms with Crippen molar-refractivity contribution in [3.8, 4) is 0 Å². The summed E-state index contributed by atoms with van der Waals surface area (Å²) in [5.41, 5.74) is -2.63. The Balaban J connectivity index is 2.39. The van der Waals surface area contributed by atoms with Gasteiger partial charge in [0, 0.05) is 9.86 Å². The number of hydrogen-bond donors (Lipinski definition) is 0. The minimum absolute atomic E-state index is 0.00813. The number of para-hydroxylation sites is 1. The molecule has 0 amide bonds. The van der Waals surface area contributed by atoms with Gasteiger partial charge < -0.3 is 9.05 Å². The van der Waals surface area contributed by atoms with E-state index in [-0.39, 0.29) is 21.2 Å². The van der Waals surface area contributed by atoms with Crippen LogP contribution in [-0.4, -0.2) is 30.9 Å². The third-order valence-corrected chi connectivity index (χ3v) is 9.82. The van der Waals surface area contributed by atoms with Gasteiger partial charge in [-0.1, -0.05) is 24.3 Å². The van der Waals surface area contributed by atoms with Gasteiger partial charge in [0.05, 0.1) is 35.2 Å². The fraction of sp³-hybridized carbons (Fsp3) is 0.417. The van der Waals surface area contributed by atoms with Gasteiger partial charge in [-0.25, -0.2) is 16.8 Å². The average molecular weight is 628 g/mol. The minimum Gasteiger partial charge on any atom is -0.305 e. The highest BCUT2D eigenvalue weighted by Gasteiger charge is 2.44. The molecule has 1 heterocycles. The van der Waals surface area contributed by atoms with Gasteiger partial charge in [-0.3, -0.25) is 4.57 Å². The van der Waals surface area contributed by atoms with E-state index in [2.05, 4.69) is 15.9 Å². The van der Waals surface area contributed by atoms with Crippen LogP contribution in [0.15, 0.2) is 46.9 Å². The molecule has 204 valence electrons. The number of alkyl halides is 3. The molecule has 37 heavy (non-hydrogen) atoms. The molecular formula is C24H27BrF4NO5PS. The maximum atomic E-state index is 14.4. The molecule has 1 unspecified atom stereocenters. The normalized spacial score (nSPS) is 14.2. The van der Waals surface area contributed by atoms with Crippen molar-refractivity contribution in [1.29, 1.82) is 0 Å². The SMILES string of the molecule is CC(C)OP(=O)(OC(C)C)C(Cc1ccc(F)c(C(F)(F)F)c1)c1c(Br)c2ccccc2n1S(C)(=O)=O. The molecule has 3 aromatic rings. The van der Waals surface area contributed by atoms with E-state index in [0.717, 1.165) is 16.3 Å². The third kappa shape index (κ3) is 6.47. The molecule has 1 aromatic heterocycles. The first kappa shape index (κ1) is 29.8. The summed E-state index contributed by atoms with van der Waals surface area (Å²) < 4.78 is 108. The summed E-state index contributed by atoms with van der Waals surface area (Å²) in [5, 5.41) is 0.476. The van der Waals surface area contributed by atoms with E-state index in [1.807, 2.05) is 0 Å². The zero-order valence-electron chi connectivity index (χ0n) is 20.7. The van der Waals surface area contributed by atoms with Crippen molar-refractivity contribution >= 4 is 44.5 Å². The summed E-state index contributed by atoms with van der Waals surface area (Å²) >= 11 is 3.43. The number of hydrogen-bond acceptors (Lipinski definition) is 5. The monoisotopic (exact) mass is 627 g/mol. The van der Waals surface area contributed by atoms with E-state index in [0.29, 0.717) is 17.5 Å². The van der Waals surface area contributed by atoms with Gasteiger partial charge in [-0.05, 0) is 73.8 Å². The molecule has 0 saturated carbocycles. The lowest BCUT2D eigenvalue weighted by Crippen LogP contribution is -2.21. The Morgan fingerprint density at radius 3 is 2.11 bits per heavy atom. The highest BCUT2D eigenvalue weighted by Crippen LogP contribution is 2.65. The molecule has 1 atom stereocenters. The van der Waals surface area contributed by atoms with Crippen LogP contribution >= 0.6 is 23.5 Å². The van der Waals surface area contributed by atoms with Gasteiger partial charge in [-0.2, -0.15) is 13.2 Å². The Morgan fingerprint density at radius 1 is 1.03 bits per heavy atom. The van der Waals surface area contributed by atoms with E-state index >= 15 is 0 Å². The molecule has 0 aliphatic heterocycles. The lowest BCUT2D eigenvalue weighted by Gasteiger charge is -2.31. The molecule has 0 saturated heterocycles. The molecule has 0 aliphatic rings. The van der Waals surface area contributed by atoms with E-state index in [1.54, 1.807) is 52.0 Å². The summed E-state index contributed by atoms with van der Waals surface area (Å²) in [6.07, 6.45) is -5.68. The maximum Gasteiger partial charge on any atom is 0.419 e. The van der Waals surface area contributed by atoms with Crippen LogP contribution in [0.4, 0.5) is 17.6 Å². The Hall–Kier alpha value is -1.72. The quantitative estimate of drug-likeness (QED) is 0.179. The maximum absolute atomic E-state index is 14.4. The van der Waals surface area contributed by atoms with Crippen molar-refractivity contribution in [3.05, 3.63) is 69.6 Å². The van der Waals surface area contributed by atoms with Gasteiger partial charge in [0.2, 0.25) is 10.0 Å². The van der Waals surface area contributed by atoms with Gasteiger partial charge in [0.25, 0.3) is 0 Å². The predicted octanol–water partition coefficient (Wildman–Crippen LogP) is 7.70. The zero-order chi connectivity index (χ0) is 27.9. The lowest BCUT2D eigenvalue weighted by atomic mass is 10.0. The standard InChI is InChI=1S/C24H27BrF4NO5PS/c1-14(2)34-36(31,35-15(3)4)21(13-16-10-11-19(26)18(12-16)24(27,28)29)23-22(25)17-8-6-7-9-20(17)30(23)37(5,32)33/h6-12,14-15,21H,13H2,1-5H3. The molecule has 0 fully saturated rings. The summed E-state index contributed by atoms with van der Waals surface area (Å²) in [4.78, 5) is 0. The molecule has 0 N–H and O–H groups in total. The summed E-state index contributed by atoms with van der Waals surface area (Å²) in [6.45, 7) is 6.42. The molecule has 0 spiro atoms. The summed E-state index contributed by atoms with van der Waals surface area (Å²) in [7, 11) is -8.28. The summed E-state index contributed by atoms with van der Waals surface area (Å²) in [6, 6.07) is 8.95. The predicted molar refractivity (Wildman–Crippen MR) is 138 cm³/mol.